The summed E-state index contributed by atoms with van der Waals surface area (Å²) >= 11 is 0. The second kappa shape index (κ2) is 7.16. The van der Waals surface area contributed by atoms with Crippen LogP contribution in [0.2, 0.25) is 0 Å². The Labute approximate surface area is 163 Å². The molecule has 28 heavy (non-hydrogen) atoms. The molecule has 1 atom stereocenters. The number of aromatic nitrogens is 5. The number of amides is 1. The molecule has 0 aliphatic carbocycles. The monoisotopic (exact) mass is 380 g/mol. The molecule has 0 aromatic carbocycles. The van der Waals surface area contributed by atoms with E-state index in [9.17, 15) is 4.79 Å². The molecule has 1 saturated heterocycles. The van der Waals surface area contributed by atoms with Gasteiger partial charge in [-0.1, -0.05) is 0 Å². The molecule has 9 heteroatoms. The van der Waals surface area contributed by atoms with Crippen LogP contribution in [0.15, 0.2) is 24.8 Å². The SMILES string of the molecule is Cc1cn2cc(NC(=O)c3ncc(N4CC[C@@H](N(C)C)C4)cn3)nc(C)c2n1. The van der Waals surface area contributed by atoms with E-state index in [-0.39, 0.29) is 11.7 Å². The molecule has 3 aromatic heterocycles. The summed E-state index contributed by atoms with van der Waals surface area (Å²) in [5, 5.41) is 2.77. The molecule has 0 saturated carbocycles. The zero-order valence-electron chi connectivity index (χ0n) is 16.5. The van der Waals surface area contributed by atoms with Crippen LogP contribution in [0, 0.1) is 13.8 Å². The van der Waals surface area contributed by atoms with Crippen molar-refractivity contribution < 1.29 is 4.79 Å². The Balaban J connectivity index is 1.47. The number of hydrogen-bond acceptors (Lipinski definition) is 7. The summed E-state index contributed by atoms with van der Waals surface area (Å²) in [5.41, 5.74) is 3.35. The van der Waals surface area contributed by atoms with Crippen LogP contribution in [0.1, 0.15) is 28.4 Å². The zero-order chi connectivity index (χ0) is 19.8. The number of aryl methyl sites for hydroxylation is 2. The standard InChI is InChI=1S/C19H24N8O/c1-12-9-27-11-16(23-13(2)18(27)22-12)24-19(28)17-20-7-15(8-21-17)26-6-5-14(10-26)25(3)4/h7-9,11,14H,5-6,10H2,1-4H3,(H,24,28)/t14-/m1/s1. The number of imidazole rings is 1. The molecular weight excluding hydrogens is 356 g/mol. The maximum Gasteiger partial charge on any atom is 0.294 e. The second-order valence-electron chi connectivity index (χ2n) is 7.40. The van der Waals surface area contributed by atoms with Gasteiger partial charge in [0.2, 0.25) is 5.82 Å². The first-order valence-electron chi connectivity index (χ1n) is 9.28. The van der Waals surface area contributed by atoms with Crippen molar-refractivity contribution in [3.63, 3.8) is 0 Å². The number of carbonyl (C=O) groups excluding carboxylic acids is 1. The van der Waals surface area contributed by atoms with Crippen LogP contribution >= 0.6 is 0 Å². The minimum atomic E-state index is -0.387. The van der Waals surface area contributed by atoms with Gasteiger partial charge in [0.15, 0.2) is 5.65 Å². The molecule has 1 N–H and O–H groups in total. The molecule has 4 heterocycles. The molecule has 1 amide bonds. The molecule has 9 nitrogen and oxygen atoms in total. The van der Waals surface area contributed by atoms with E-state index in [2.05, 4.69) is 49.1 Å². The first kappa shape index (κ1) is 18.3. The first-order chi connectivity index (χ1) is 13.4. The summed E-state index contributed by atoms with van der Waals surface area (Å²) in [6.45, 7) is 5.68. The smallest absolute Gasteiger partial charge is 0.294 e. The number of nitrogens with zero attached hydrogens (tertiary/aromatic N) is 7. The number of fused-ring (bicyclic) bond motifs is 1. The van der Waals surface area contributed by atoms with Gasteiger partial charge in [-0.3, -0.25) is 4.79 Å². The average Bonchev–Trinajstić information content (AvgIpc) is 3.28. The van der Waals surface area contributed by atoms with Gasteiger partial charge in [0.1, 0.15) is 5.82 Å². The quantitative estimate of drug-likeness (QED) is 0.734. The number of anilines is 2. The van der Waals surface area contributed by atoms with Crippen molar-refractivity contribution >= 4 is 23.1 Å². The molecule has 1 aliphatic rings. The van der Waals surface area contributed by atoms with E-state index in [0.29, 0.717) is 11.9 Å². The Hall–Kier alpha value is -3.07. The third-order valence-corrected chi connectivity index (χ3v) is 5.07. The second-order valence-corrected chi connectivity index (χ2v) is 7.40. The van der Waals surface area contributed by atoms with Gasteiger partial charge in [-0.15, -0.1) is 0 Å². The van der Waals surface area contributed by atoms with Crippen molar-refractivity contribution in [1.82, 2.24) is 29.2 Å². The molecule has 3 aromatic rings. The summed E-state index contributed by atoms with van der Waals surface area (Å²) in [4.78, 5) is 34.3. The van der Waals surface area contributed by atoms with Gasteiger partial charge >= 0.3 is 0 Å². The highest BCUT2D eigenvalue weighted by atomic mass is 16.2. The van der Waals surface area contributed by atoms with Crippen molar-refractivity contribution in [3.8, 4) is 0 Å². The Morgan fingerprint density at radius 1 is 1.18 bits per heavy atom. The number of carbonyl (C=O) groups is 1. The van der Waals surface area contributed by atoms with Crippen LogP contribution in [0.3, 0.4) is 0 Å². The van der Waals surface area contributed by atoms with Crippen LogP contribution in [-0.2, 0) is 0 Å². The number of hydrogen-bond donors (Lipinski definition) is 1. The van der Waals surface area contributed by atoms with Gasteiger partial charge in [-0.25, -0.2) is 19.9 Å². The number of nitrogens with one attached hydrogen (secondary N) is 1. The van der Waals surface area contributed by atoms with Crippen molar-refractivity contribution in [1.29, 1.82) is 0 Å². The van der Waals surface area contributed by atoms with Crippen LogP contribution < -0.4 is 10.2 Å². The fourth-order valence-corrected chi connectivity index (χ4v) is 3.51. The summed E-state index contributed by atoms with van der Waals surface area (Å²) in [7, 11) is 4.19. The highest BCUT2D eigenvalue weighted by Gasteiger charge is 2.24. The van der Waals surface area contributed by atoms with Crippen LogP contribution in [-0.4, -0.2) is 68.4 Å². The molecule has 0 radical (unpaired) electrons. The Kier molecular flexibility index (Phi) is 4.68. The molecule has 1 fully saturated rings. The Morgan fingerprint density at radius 3 is 2.61 bits per heavy atom. The summed E-state index contributed by atoms with van der Waals surface area (Å²) in [5.74, 6) is 0.170. The van der Waals surface area contributed by atoms with Crippen molar-refractivity contribution in [2.24, 2.45) is 0 Å². The van der Waals surface area contributed by atoms with E-state index in [1.807, 2.05) is 24.4 Å². The molecule has 0 spiro atoms. The van der Waals surface area contributed by atoms with E-state index in [4.69, 9.17) is 0 Å². The lowest BCUT2D eigenvalue weighted by Gasteiger charge is -2.21. The van der Waals surface area contributed by atoms with Crippen LogP contribution in [0.25, 0.3) is 5.65 Å². The highest BCUT2D eigenvalue weighted by Crippen LogP contribution is 2.21. The fourth-order valence-electron chi connectivity index (χ4n) is 3.51. The predicted molar refractivity (Wildman–Crippen MR) is 107 cm³/mol. The maximum atomic E-state index is 12.5. The summed E-state index contributed by atoms with van der Waals surface area (Å²) in [6, 6.07) is 0.527. The Bertz CT molecular complexity index is 1010. The maximum absolute atomic E-state index is 12.5. The van der Waals surface area contributed by atoms with E-state index in [0.717, 1.165) is 42.2 Å². The minimum absolute atomic E-state index is 0.119. The normalized spacial score (nSPS) is 16.9. The lowest BCUT2D eigenvalue weighted by molar-refractivity contribution is 0.101. The lowest BCUT2D eigenvalue weighted by atomic mass is 10.2. The number of rotatable bonds is 4. The van der Waals surface area contributed by atoms with Gasteiger partial charge in [0.05, 0.1) is 35.7 Å². The number of likely N-dealkylation sites (N-methyl/N-ethyl adjacent to an activating group) is 1. The molecule has 1 aliphatic heterocycles. The molecule has 4 rings (SSSR count). The molecule has 0 bridgehead atoms. The molecule has 146 valence electrons. The fraction of sp³-hybridized carbons (Fsp3) is 0.421. The third-order valence-electron chi connectivity index (χ3n) is 5.07. The summed E-state index contributed by atoms with van der Waals surface area (Å²) in [6.07, 6.45) is 8.15. The Morgan fingerprint density at radius 2 is 1.93 bits per heavy atom. The largest absolute Gasteiger partial charge is 0.367 e. The molecule has 0 unspecified atom stereocenters. The zero-order valence-corrected chi connectivity index (χ0v) is 16.5. The van der Waals surface area contributed by atoms with Crippen molar-refractivity contribution in [2.45, 2.75) is 26.3 Å². The lowest BCUT2D eigenvalue weighted by Crippen LogP contribution is -2.31. The van der Waals surface area contributed by atoms with E-state index in [1.165, 1.54) is 0 Å². The summed E-state index contributed by atoms with van der Waals surface area (Å²) < 4.78 is 1.85. The van der Waals surface area contributed by atoms with Gasteiger partial charge in [0, 0.05) is 25.3 Å². The minimum Gasteiger partial charge on any atom is -0.367 e. The topological polar surface area (TPSA) is 91.6 Å². The third kappa shape index (κ3) is 3.53. The van der Waals surface area contributed by atoms with Gasteiger partial charge in [0.25, 0.3) is 5.91 Å². The first-order valence-corrected chi connectivity index (χ1v) is 9.28. The van der Waals surface area contributed by atoms with E-state index < -0.39 is 0 Å². The van der Waals surface area contributed by atoms with Gasteiger partial charge < -0.3 is 19.5 Å². The predicted octanol–water partition coefficient (Wildman–Crippen LogP) is 1.53. The highest BCUT2D eigenvalue weighted by molar-refractivity contribution is 6.00. The van der Waals surface area contributed by atoms with E-state index >= 15 is 0 Å². The molecular formula is C19H24N8O. The van der Waals surface area contributed by atoms with E-state index in [1.54, 1.807) is 18.6 Å². The van der Waals surface area contributed by atoms with Crippen LogP contribution in [0.5, 0.6) is 0 Å². The van der Waals surface area contributed by atoms with Crippen molar-refractivity contribution in [3.05, 3.63) is 42.0 Å². The van der Waals surface area contributed by atoms with Crippen LogP contribution in [0.4, 0.5) is 11.5 Å². The van der Waals surface area contributed by atoms with Crippen molar-refractivity contribution in [2.75, 3.05) is 37.4 Å². The average molecular weight is 380 g/mol. The van der Waals surface area contributed by atoms with Gasteiger partial charge in [-0.05, 0) is 34.4 Å². The van der Waals surface area contributed by atoms with Gasteiger partial charge in [-0.2, -0.15) is 0 Å².